The van der Waals surface area contributed by atoms with E-state index in [-0.39, 0.29) is 43.2 Å². The number of halogens is 3. The number of nitrogens with zero attached hydrogens (tertiary/aromatic N) is 3. The number of anilines is 1. The molecule has 1 aromatic carbocycles. The van der Waals surface area contributed by atoms with Gasteiger partial charge >= 0.3 is 12.2 Å². The summed E-state index contributed by atoms with van der Waals surface area (Å²) >= 11 is 0. The monoisotopic (exact) mass is 485 g/mol. The van der Waals surface area contributed by atoms with E-state index in [9.17, 15) is 32.9 Å². The molecule has 0 bridgehead atoms. The molecule has 3 amide bonds. The average molecular weight is 486 g/mol. The third-order valence-corrected chi connectivity index (χ3v) is 6.27. The van der Waals surface area contributed by atoms with Gasteiger partial charge < -0.3 is 20.4 Å². The minimum absolute atomic E-state index is 0.0870. The van der Waals surface area contributed by atoms with Crippen LogP contribution in [0.1, 0.15) is 50.5 Å². The van der Waals surface area contributed by atoms with Crippen molar-refractivity contribution >= 4 is 23.3 Å². The number of urea groups is 1. The van der Waals surface area contributed by atoms with Crippen LogP contribution < -0.4 is 15.5 Å². The maximum absolute atomic E-state index is 12.9. The zero-order chi connectivity index (χ0) is 24.7. The highest BCUT2D eigenvalue weighted by Gasteiger charge is 2.34. The Kier molecular flexibility index (Phi) is 8.56. The van der Waals surface area contributed by atoms with E-state index in [2.05, 4.69) is 10.6 Å². The number of nitro groups is 1. The van der Waals surface area contributed by atoms with E-state index in [0.717, 1.165) is 37.8 Å². The Morgan fingerprint density at radius 2 is 1.76 bits per heavy atom. The van der Waals surface area contributed by atoms with E-state index in [0.29, 0.717) is 32.1 Å². The number of carbonyl (C=O) groups excluding carboxylic acids is 2. The Balaban J connectivity index is 1.42. The standard InChI is InChI=1S/C22H30F3N5O4/c23-22(24,25)16-8-9-18(19(15-16)30(33)34)28-11-13-29(14-12-28)20(31)7-4-10-26-21(32)27-17-5-2-1-3-6-17/h8-9,15,17H,1-7,10-14H2,(H2,26,27,32). The molecule has 1 aliphatic carbocycles. The van der Waals surface area contributed by atoms with Crippen LogP contribution in [-0.2, 0) is 11.0 Å². The molecule has 0 spiro atoms. The van der Waals surface area contributed by atoms with Gasteiger partial charge in [0, 0.05) is 51.3 Å². The minimum atomic E-state index is -4.67. The second-order valence-corrected chi connectivity index (χ2v) is 8.66. The highest BCUT2D eigenvalue weighted by Crippen LogP contribution is 2.36. The molecule has 12 heteroatoms. The number of nitro benzene ring substituents is 1. The zero-order valence-corrected chi connectivity index (χ0v) is 18.9. The molecular weight excluding hydrogens is 455 g/mol. The third-order valence-electron chi connectivity index (χ3n) is 6.27. The topological polar surface area (TPSA) is 108 Å². The van der Waals surface area contributed by atoms with Crippen molar-refractivity contribution in [3.8, 4) is 0 Å². The lowest BCUT2D eigenvalue weighted by Crippen LogP contribution is -2.49. The molecule has 0 aromatic heterocycles. The predicted octanol–water partition coefficient (Wildman–Crippen LogP) is 3.67. The van der Waals surface area contributed by atoms with Crippen LogP contribution in [0.2, 0.25) is 0 Å². The second kappa shape index (κ2) is 11.4. The van der Waals surface area contributed by atoms with E-state index >= 15 is 0 Å². The van der Waals surface area contributed by atoms with Crippen LogP contribution >= 0.6 is 0 Å². The van der Waals surface area contributed by atoms with Crippen LogP contribution in [0, 0.1) is 10.1 Å². The number of rotatable bonds is 7. The zero-order valence-electron chi connectivity index (χ0n) is 18.9. The van der Waals surface area contributed by atoms with Gasteiger partial charge in [-0.2, -0.15) is 13.2 Å². The summed E-state index contributed by atoms with van der Waals surface area (Å²) in [5.74, 6) is -0.0870. The molecule has 0 radical (unpaired) electrons. The third kappa shape index (κ3) is 6.97. The number of benzene rings is 1. The number of piperazine rings is 1. The van der Waals surface area contributed by atoms with E-state index in [1.165, 1.54) is 6.42 Å². The maximum Gasteiger partial charge on any atom is 0.416 e. The Hall–Kier alpha value is -3.05. The first-order valence-electron chi connectivity index (χ1n) is 11.6. The number of alkyl halides is 3. The minimum Gasteiger partial charge on any atom is -0.362 e. The number of hydrogen-bond donors (Lipinski definition) is 2. The number of hydrogen-bond acceptors (Lipinski definition) is 5. The molecule has 3 rings (SSSR count). The molecule has 1 saturated carbocycles. The van der Waals surface area contributed by atoms with Crippen LogP contribution in [0.15, 0.2) is 18.2 Å². The average Bonchev–Trinajstić information content (AvgIpc) is 2.81. The number of nitrogens with one attached hydrogen (secondary N) is 2. The van der Waals surface area contributed by atoms with Gasteiger partial charge in [0.1, 0.15) is 5.69 Å². The Bertz CT molecular complexity index is 882. The molecule has 0 atom stereocenters. The second-order valence-electron chi connectivity index (χ2n) is 8.66. The van der Waals surface area contributed by atoms with Crippen molar-refractivity contribution < 1.29 is 27.7 Å². The van der Waals surface area contributed by atoms with Crippen LogP contribution in [-0.4, -0.2) is 60.5 Å². The molecule has 2 fully saturated rings. The summed E-state index contributed by atoms with van der Waals surface area (Å²) in [6.07, 6.45) is 1.52. The molecule has 188 valence electrons. The Morgan fingerprint density at radius 1 is 1.09 bits per heavy atom. The van der Waals surface area contributed by atoms with E-state index in [1.807, 2.05) is 0 Å². The number of amides is 3. The van der Waals surface area contributed by atoms with Crippen LogP contribution in [0.4, 0.5) is 29.3 Å². The SMILES string of the molecule is O=C(NCCCC(=O)N1CCN(c2ccc(C(F)(F)F)cc2[N+](=O)[O-])CC1)NC1CCCCC1. The smallest absolute Gasteiger partial charge is 0.362 e. The van der Waals surface area contributed by atoms with Gasteiger partial charge in [-0.3, -0.25) is 14.9 Å². The van der Waals surface area contributed by atoms with Crippen LogP contribution in [0.5, 0.6) is 0 Å². The summed E-state index contributed by atoms with van der Waals surface area (Å²) in [6, 6.07) is 2.49. The van der Waals surface area contributed by atoms with Crippen molar-refractivity contribution in [3.63, 3.8) is 0 Å². The summed E-state index contributed by atoms with van der Waals surface area (Å²) in [5, 5.41) is 17.1. The molecule has 2 aliphatic rings. The first kappa shape index (κ1) is 25.6. The van der Waals surface area contributed by atoms with Gasteiger partial charge in [-0.15, -0.1) is 0 Å². The fourth-order valence-corrected chi connectivity index (χ4v) is 4.39. The van der Waals surface area contributed by atoms with Gasteiger partial charge in [-0.25, -0.2) is 4.79 Å². The maximum atomic E-state index is 12.9. The molecule has 9 nitrogen and oxygen atoms in total. The van der Waals surface area contributed by atoms with Gasteiger partial charge in [0.2, 0.25) is 5.91 Å². The van der Waals surface area contributed by atoms with E-state index in [4.69, 9.17) is 0 Å². The number of carbonyl (C=O) groups is 2. The van der Waals surface area contributed by atoms with Crippen molar-refractivity contribution in [2.75, 3.05) is 37.6 Å². The quantitative estimate of drug-likeness (QED) is 0.348. The lowest BCUT2D eigenvalue weighted by molar-refractivity contribution is -0.384. The predicted molar refractivity (Wildman–Crippen MR) is 120 cm³/mol. The lowest BCUT2D eigenvalue weighted by Gasteiger charge is -2.36. The molecule has 0 unspecified atom stereocenters. The van der Waals surface area contributed by atoms with Gasteiger partial charge in [0.25, 0.3) is 5.69 Å². The summed E-state index contributed by atoms with van der Waals surface area (Å²) < 4.78 is 38.7. The van der Waals surface area contributed by atoms with Crippen LogP contribution in [0.3, 0.4) is 0 Å². The molecule has 2 N–H and O–H groups in total. The fraction of sp³-hybridized carbons (Fsp3) is 0.636. The van der Waals surface area contributed by atoms with Gasteiger partial charge in [0.05, 0.1) is 10.5 Å². The first-order chi connectivity index (χ1) is 16.1. The molecule has 1 heterocycles. The summed E-state index contributed by atoms with van der Waals surface area (Å²) in [6.45, 7) is 1.56. The Labute approximate surface area is 195 Å². The largest absolute Gasteiger partial charge is 0.416 e. The van der Waals surface area contributed by atoms with Gasteiger partial charge in [0.15, 0.2) is 0 Å². The summed E-state index contributed by atoms with van der Waals surface area (Å²) in [7, 11) is 0. The van der Waals surface area contributed by atoms with Crippen molar-refractivity contribution in [3.05, 3.63) is 33.9 Å². The molecule has 1 aromatic rings. The van der Waals surface area contributed by atoms with Crippen molar-refractivity contribution in [1.29, 1.82) is 0 Å². The molecule has 34 heavy (non-hydrogen) atoms. The normalized spacial score (nSPS) is 17.4. The first-order valence-corrected chi connectivity index (χ1v) is 11.6. The summed E-state index contributed by atoms with van der Waals surface area (Å²) in [4.78, 5) is 38.2. The van der Waals surface area contributed by atoms with Crippen molar-refractivity contribution in [1.82, 2.24) is 15.5 Å². The highest BCUT2D eigenvalue weighted by atomic mass is 19.4. The van der Waals surface area contributed by atoms with Gasteiger partial charge in [-0.05, 0) is 31.4 Å². The highest BCUT2D eigenvalue weighted by molar-refractivity contribution is 5.77. The van der Waals surface area contributed by atoms with E-state index < -0.39 is 22.4 Å². The Morgan fingerprint density at radius 3 is 2.38 bits per heavy atom. The molecular formula is C22H30F3N5O4. The van der Waals surface area contributed by atoms with E-state index in [1.54, 1.807) is 9.80 Å². The van der Waals surface area contributed by atoms with Crippen molar-refractivity contribution in [2.24, 2.45) is 0 Å². The summed E-state index contributed by atoms with van der Waals surface area (Å²) in [5.41, 5.74) is -1.57. The molecule has 1 aliphatic heterocycles. The fourth-order valence-electron chi connectivity index (χ4n) is 4.39. The van der Waals surface area contributed by atoms with Crippen molar-refractivity contribution in [2.45, 2.75) is 57.2 Å². The molecule has 1 saturated heterocycles. The lowest BCUT2D eigenvalue weighted by atomic mass is 9.96. The van der Waals surface area contributed by atoms with Gasteiger partial charge in [-0.1, -0.05) is 19.3 Å². The van der Waals surface area contributed by atoms with Crippen LogP contribution in [0.25, 0.3) is 0 Å².